The maximum Gasteiger partial charge on any atom is 0.573 e. The molecule has 0 saturated carbocycles. The lowest BCUT2D eigenvalue weighted by Crippen LogP contribution is -2.17. The van der Waals surface area contributed by atoms with Gasteiger partial charge in [-0.15, -0.1) is 13.2 Å². The molecule has 2 heterocycles. The molecule has 36 heavy (non-hydrogen) atoms. The highest BCUT2D eigenvalue weighted by atomic mass is 19.4. The predicted octanol–water partition coefficient (Wildman–Crippen LogP) is 6.91. The molecular weight excluding hydrogens is 467 g/mol. The molecule has 0 fully saturated rings. The van der Waals surface area contributed by atoms with Crippen LogP contribution in [0.5, 0.6) is 5.75 Å². The Morgan fingerprint density at radius 3 is 2.42 bits per heavy atom. The molecule has 2 N–H and O–H groups in total. The summed E-state index contributed by atoms with van der Waals surface area (Å²) in [6.45, 7) is 4.12. The van der Waals surface area contributed by atoms with Crippen LogP contribution in [0.1, 0.15) is 35.8 Å². The maximum atomic E-state index is 13.0. The zero-order valence-electron chi connectivity index (χ0n) is 19.9. The van der Waals surface area contributed by atoms with E-state index in [9.17, 15) is 18.0 Å². The Morgan fingerprint density at radius 2 is 1.72 bits per heavy atom. The minimum atomic E-state index is -4.85. The number of aromatic nitrogens is 2. The maximum absolute atomic E-state index is 13.0. The van der Waals surface area contributed by atoms with Crippen molar-refractivity contribution in [1.29, 1.82) is 0 Å². The average molecular weight is 492 g/mol. The van der Waals surface area contributed by atoms with Gasteiger partial charge in [0.2, 0.25) is 0 Å². The summed E-state index contributed by atoms with van der Waals surface area (Å²) in [6, 6.07) is 19.4. The molecule has 0 radical (unpaired) electrons. The van der Waals surface area contributed by atoms with Crippen LogP contribution >= 0.6 is 0 Å². The Morgan fingerprint density at radius 1 is 0.972 bits per heavy atom. The first-order chi connectivity index (χ1) is 17.0. The number of nitrogens with zero attached hydrogens (tertiary/aromatic N) is 2. The molecule has 0 aliphatic rings. The molecule has 0 saturated heterocycles. The van der Waals surface area contributed by atoms with E-state index in [0.717, 1.165) is 16.5 Å². The Bertz CT molecular complexity index is 1630. The van der Waals surface area contributed by atoms with E-state index in [2.05, 4.69) is 18.6 Å². The number of fused-ring (bicyclic) bond motifs is 2. The number of primary amides is 1. The monoisotopic (exact) mass is 491 g/mol. The fraction of sp³-hybridized carbons (Fsp3) is 0.179. The lowest BCUT2D eigenvalue weighted by atomic mass is 10.00. The Hall–Kier alpha value is -4.20. The zero-order chi connectivity index (χ0) is 25.8. The number of nitrogens with two attached hydrogens (primary N) is 1. The molecule has 1 amide bonds. The fourth-order valence-corrected chi connectivity index (χ4v) is 4.72. The lowest BCUT2D eigenvalue weighted by Gasteiger charge is -2.13. The van der Waals surface area contributed by atoms with Crippen LogP contribution in [-0.2, 0) is 7.05 Å². The molecule has 5 aromatic rings. The van der Waals surface area contributed by atoms with Crippen molar-refractivity contribution in [3.8, 4) is 22.6 Å². The number of benzene rings is 3. The molecule has 0 spiro atoms. The molecule has 5 nitrogen and oxygen atoms in total. The van der Waals surface area contributed by atoms with Crippen molar-refractivity contribution in [3.63, 3.8) is 0 Å². The third-order valence-corrected chi connectivity index (χ3v) is 6.37. The SMILES string of the molecule is CC(C)c1cccc(-n2c(C(N)=O)c(-c3ccc4c(ccn4C)c3)c3cc(OC(F)(F)F)ccc32)c1. The van der Waals surface area contributed by atoms with Gasteiger partial charge in [-0.05, 0) is 65.6 Å². The van der Waals surface area contributed by atoms with Crippen molar-refractivity contribution in [2.75, 3.05) is 0 Å². The molecule has 2 aromatic heterocycles. The molecule has 0 aliphatic heterocycles. The summed E-state index contributed by atoms with van der Waals surface area (Å²) in [5.74, 6) is -0.834. The van der Waals surface area contributed by atoms with Gasteiger partial charge in [-0.2, -0.15) is 0 Å². The third-order valence-electron chi connectivity index (χ3n) is 6.37. The first kappa shape index (κ1) is 23.5. The number of aryl methyl sites for hydroxylation is 1. The highest BCUT2D eigenvalue weighted by Crippen LogP contribution is 2.40. The van der Waals surface area contributed by atoms with Crippen molar-refractivity contribution in [3.05, 3.63) is 84.2 Å². The minimum Gasteiger partial charge on any atom is -0.406 e. The van der Waals surface area contributed by atoms with Crippen molar-refractivity contribution < 1.29 is 22.7 Å². The van der Waals surface area contributed by atoms with Crippen LogP contribution in [-0.4, -0.2) is 21.4 Å². The van der Waals surface area contributed by atoms with Crippen LogP contribution in [0.4, 0.5) is 13.2 Å². The number of carbonyl (C=O) groups excluding carboxylic acids is 1. The topological polar surface area (TPSA) is 62.2 Å². The molecule has 8 heteroatoms. The van der Waals surface area contributed by atoms with E-state index in [1.165, 1.54) is 18.2 Å². The van der Waals surface area contributed by atoms with Crippen LogP contribution in [0.2, 0.25) is 0 Å². The summed E-state index contributed by atoms with van der Waals surface area (Å²) in [4.78, 5) is 12.9. The number of halogens is 3. The number of ether oxygens (including phenoxy) is 1. The van der Waals surface area contributed by atoms with E-state index >= 15 is 0 Å². The van der Waals surface area contributed by atoms with Gasteiger partial charge in [0.05, 0.1) is 5.52 Å². The average Bonchev–Trinajstić information content (AvgIpc) is 3.35. The van der Waals surface area contributed by atoms with Crippen LogP contribution in [0.3, 0.4) is 0 Å². The first-order valence-electron chi connectivity index (χ1n) is 11.4. The second kappa shape index (κ2) is 8.48. The van der Waals surface area contributed by atoms with E-state index in [0.29, 0.717) is 27.7 Å². The normalized spacial score (nSPS) is 12.1. The summed E-state index contributed by atoms with van der Waals surface area (Å²) >= 11 is 0. The van der Waals surface area contributed by atoms with Crippen LogP contribution in [0, 0.1) is 0 Å². The number of carbonyl (C=O) groups is 1. The van der Waals surface area contributed by atoms with E-state index in [1.54, 1.807) is 4.57 Å². The quantitative estimate of drug-likeness (QED) is 0.290. The van der Waals surface area contributed by atoms with Gasteiger partial charge in [0.1, 0.15) is 11.4 Å². The summed E-state index contributed by atoms with van der Waals surface area (Å²) < 4.78 is 47.0. The van der Waals surface area contributed by atoms with Gasteiger partial charge < -0.3 is 19.6 Å². The van der Waals surface area contributed by atoms with Gasteiger partial charge in [-0.3, -0.25) is 4.79 Å². The largest absolute Gasteiger partial charge is 0.573 e. The standard InChI is InChI=1S/C28H24F3N3O2/c1-16(2)17-5-4-6-20(14-17)34-24-10-8-21(36-28(29,30)31)15-22(24)25(26(34)27(32)35)19-7-9-23-18(13-19)11-12-33(23)3/h4-16H,1-3H3,(H2,32,35). The summed E-state index contributed by atoms with van der Waals surface area (Å²) in [6.07, 6.45) is -2.93. The summed E-state index contributed by atoms with van der Waals surface area (Å²) in [7, 11) is 1.92. The minimum absolute atomic E-state index is 0.186. The molecular formula is C28H24F3N3O2. The number of alkyl halides is 3. The third kappa shape index (κ3) is 4.08. The summed E-state index contributed by atoms with van der Waals surface area (Å²) in [5.41, 5.74) is 10.5. The molecule has 3 aromatic carbocycles. The highest BCUT2D eigenvalue weighted by Gasteiger charge is 2.32. The molecule has 5 rings (SSSR count). The first-order valence-corrected chi connectivity index (χ1v) is 11.4. The van der Waals surface area contributed by atoms with Crippen LogP contribution in [0.15, 0.2) is 72.9 Å². The molecule has 184 valence electrons. The van der Waals surface area contributed by atoms with Gasteiger partial charge in [-0.25, -0.2) is 0 Å². The van der Waals surface area contributed by atoms with E-state index in [1.807, 2.05) is 66.3 Å². The van der Waals surface area contributed by atoms with Crippen molar-refractivity contribution in [2.24, 2.45) is 12.8 Å². The smallest absolute Gasteiger partial charge is 0.406 e. The lowest BCUT2D eigenvalue weighted by molar-refractivity contribution is -0.274. The van der Waals surface area contributed by atoms with E-state index in [4.69, 9.17) is 5.73 Å². The van der Waals surface area contributed by atoms with Gasteiger partial charge in [-0.1, -0.05) is 32.0 Å². The van der Waals surface area contributed by atoms with E-state index < -0.39 is 12.3 Å². The Balaban J connectivity index is 1.87. The molecule has 0 atom stereocenters. The number of rotatable bonds is 5. The highest BCUT2D eigenvalue weighted by molar-refractivity contribution is 6.11. The van der Waals surface area contributed by atoms with Crippen LogP contribution < -0.4 is 10.5 Å². The Labute approximate surface area is 205 Å². The fourth-order valence-electron chi connectivity index (χ4n) is 4.72. The van der Waals surface area contributed by atoms with Crippen molar-refractivity contribution in [1.82, 2.24) is 9.13 Å². The Kier molecular flexibility index (Phi) is 5.54. The van der Waals surface area contributed by atoms with E-state index in [-0.39, 0.29) is 17.4 Å². The second-order valence-corrected chi connectivity index (χ2v) is 9.10. The van der Waals surface area contributed by atoms with Gasteiger partial charge in [0, 0.05) is 40.8 Å². The number of hydrogen-bond acceptors (Lipinski definition) is 2. The predicted molar refractivity (Wildman–Crippen MR) is 134 cm³/mol. The second-order valence-electron chi connectivity index (χ2n) is 9.10. The molecule has 0 aliphatic carbocycles. The molecule has 0 unspecified atom stereocenters. The van der Waals surface area contributed by atoms with Crippen LogP contribution in [0.25, 0.3) is 38.6 Å². The van der Waals surface area contributed by atoms with Crippen molar-refractivity contribution in [2.45, 2.75) is 26.1 Å². The van der Waals surface area contributed by atoms with Crippen molar-refractivity contribution >= 4 is 27.7 Å². The van der Waals surface area contributed by atoms with Gasteiger partial charge in [0.25, 0.3) is 5.91 Å². The number of hydrogen-bond donors (Lipinski definition) is 1. The molecule has 0 bridgehead atoms. The van der Waals surface area contributed by atoms with Gasteiger partial charge >= 0.3 is 6.36 Å². The summed E-state index contributed by atoms with van der Waals surface area (Å²) in [5, 5.41) is 1.35. The zero-order valence-corrected chi connectivity index (χ0v) is 19.9. The van der Waals surface area contributed by atoms with Gasteiger partial charge in [0.15, 0.2) is 0 Å². The number of amides is 1.